The van der Waals surface area contributed by atoms with Crippen molar-refractivity contribution >= 4 is 22.9 Å². The van der Waals surface area contributed by atoms with Crippen molar-refractivity contribution in [2.45, 2.75) is 20.4 Å². The van der Waals surface area contributed by atoms with Gasteiger partial charge in [0.25, 0.3) is 0 Å². The number of benzene rings is 1. The molecule has 1 fully saturated rings. The molecule has 0 spiro atoms. The van der Waals surface area contributed by atoms with Crippen LogP contribution in [-0.2, 0) is 11.3 Å². The Kier molecular flexibility index (Phi) is 5.04. The number of fused-ring (bicyclic) bond motifs is 1. The van der Waals surface area contributed by atoms with Gasteiger partial charge in [0.15, 0.2) is 11.5 Å². The molecular weight excluding hydrogens is 411 g/mol. The maximum Gasteiger partial charge on any atom is 0.244 e. The fourth-order valence-corrected chi connectivity index (χ4v) is 3.99. The van der Waals surface area contributed by atoms with Gasteiger partial charge in [0, 0.05) is 37.4 Å². The molecule has 1 aromatic carbocycles. The quantitative estimate of drug-likeness (QED) is 0.530. The van der Waals surface area contributed by atoms with E-state index in [0.717, 1.165) is 28.3 Å². The van der Waals surface area contributed by atoms with E-state index in [2.05, 4.69) is 29.9 Å². The lowest BCUT2D eigenvalue weighted by Crippen LogP contribution is -2.50. The van der Waals surface area contributed by atoms with Crippen molar-refractivity contribution in [1.29, 1.82) is 0 Å². The van der Waals surface area contributed by atoms with Crippen LogP contribution in [0.1, 0.15) is 11.3 Å². The van der Waals surface area contributed by atoms with E-state index in [0.29, 0.717) is 37.4 Å². The van der Waals surface area contributed by atoms with Crippen LogP contribution in [0.25, 0.3) is 22.4 Å². The first-order valence-electron chi connectivity index (χ1n) is 10.5. The van der Waals surface area contributed by atoms with E-state index in [1.54, 1.807) is 30.1 Å². The Balaban J connectivity index is 1.25. The van der Waals surface area contributed by atoms with Crippen molar-refractivity contribution < 1.29 is 9.18 Å². The highest BCUT2D eigenvalue weighted by molar-refractivity contribution is 5.83. The van der Waals surface area contributed by atoms with E-state index in [1.165, 1.54) is 12.4 Å². The number of anilines is 1. The fraction of sp³-hybridized carbons (Fsp3) is 0.318. The molecule has 1 aliphatic rings. The van der Waals surface area contributed by atoms with Gasteiger partial charge in [-0.05, 0) is 43.7 Å². The smallest absolute Gasteiger partial charge is 0.244 e. The van der Waals surface area contributed by atoms with Crippen LogP contribution in [0.5, 0.6) is 0 Å². The van der Waals surface area contributed by atoms with Gasteiger partial charge in [-0.2, -0.15) is 5.10 Å². The summed E-state index contributed by atoms with van der Waals surface area (Å²) in [6.45, 7) is 6.35. The van der Waals surface area contributed by atoms with E-state index in [-0.39, 0.29) is 18.3 Å². The number of hydrogen-bond donors (Lipinski definition) is 1. The molecule has 4 heterocycles. The molecule has 0 atom stereocenters. The molecule has 9 nitrogen and oxygen atoms in total. The van der Waals surface area contributed by atoms with Crippen molar-refractivity contribution in [3.8, 4) is 11.3 Å². The zero-order chi connectivity index (χ0) is 22.2. The van der Waals surface area contributed by atoms with Gasteiger partial charge >= 0.3 is 0 Å². The summed E-state index contributed by atoms with van der Waals surface area (Å²) in [6.07, 6.45) is 3.13. The van der Waals surface area contributed by atoms with Crippen LogP contribution >= 0.6 is 0 Å². The summed E-state index contributed by atoms with van der Waals surface area (Å²) in [6, 6.07) is 6.84. The van der Waals surface area contributed by atoms with Crippen LogP contribution in [0, 0.1) is 19.7 Å². The summed E-state index contributed by atoms with van der Waals surface area (Å²) in [4.78, 5) is 32.8. The fourth-order valence-electron chi connectivity index (χ4n) is 3.99. The molecule has 3 aromatic heterocycles. The molecule has 1 N–H and O–H groups in total. The predicted octanol–water partition coefficient (Wildman–Crippen LogP) is 2.32. The normalized spacial score (nSPS) is 14.3. The zero-order valence-electron chi connectivity index (χ0n) is 17.9. The predicted molar refractivity (Wildman–Crippen MR) is 118 cm³/mol. The third kappa shape index (κ3) is 3.68. The highest BCUT2D eigenvalue weighted by atomic mass is 19.1. The SMILES string of the molecule is Cc1cc(-c2cc(C)n(CC(=O)N3CCN(c4ncnc5[nH]cnc45)CC3)n2)ccc1F. The second kappa shape index (κ2) is 8.03. The molecule has 1 saturated heterocycles. The Morgan fingerprint density at radius 3 is 2.69 bits per heavy atom. The Morgan fingerprint density at radius 1 is 1.09 bits per heavy atom. The van der Waals surface area contributed by atoms with Gasteiger partial charge in [-0.15, -0.1) is 0 Å². The Hall–Kier alpha value is -3.82. The van der Waals surface area contributed by atoms with E-state index in [9.17, 15) is 9.18 Å². The minimum atomic E-state index is -0.241. The minimum absolute atomic E-state index is 0.0188. The number of imidazole rings is 1. The number of aromatic nitrogens is 6. The molecule has 1 aliphatic heterocycles. The molecule has 0 bridgehead atoms. The van der Waals surface area contributed by atoms with Gasteiger partial charge in [-0.1, -0.05) is 0 Å². The first-order chi connectivity index (χ1) is 15.5. The number of carbonyl (C=O) groups is 1. The third-order valence-electron chi connectivity index (χ3n) is 5.85. The number of amides is 1. The molecule has 0 saturated carbocycles. The van der Waals surface area contributed by atoms with Gasteiger partial charge in [0.1, 0.15) is 24.2 Å². The molecule has 0 radical (unpaired) electrons. The monoisotopic (exact) mass is 434 g/mol. The number of carbonyl (C=O) groups excluding carboxylic acids is 1. The topological polar surface area (TPSA) is 95.8 Å². The zero-order valence-corrected chi connectivity index (χ0v) is 17.9. The van der Waals surface area contributed by atoms with Crippen molar-refractivity contribution in [2.24, 2.45) is 0 Å². The number of rotatable bonds is 4. The standard InChI is InChI=1S/C22H23FN8O/c1-14-9-16(3-4-17(14)23)18-10-15(2)31(28-18)11-19(32)29-5-7-30(8-6-29)22-20-21(25-12-24-20)26-13-27-22/h3-4,9-10,12-13H,5-8,11H2,1-2H3,(H,24,25,26,27). The lowest BCUT2D eigenvalue weighted by molar-refractivity contribution is -0.132. The molecule has 4 aromatic rings. The van der Waals surface area contributed by atoms with Gasteiger partial charge < -0.3 is 14.8 Å². The number of aromatic amines is 1. The second-order valence-electron chi connectivity index (χ2n) is 7.96. The average Bonchev–Trinajstić information content (AvgIpc) is 3.42. The first kappa shape index (κ1) is 20.1. The number of aryl methyl sites for hydroxylation is 2. The van der Waals surface area contributed by atoms with Gasteiger partial charge in [-0.25, -0.2) is 19.3 Å². The maximum absolute atomic E-state index is 13.6. The summed E-state index contributed by atoms with van der Waals surface area (Å²) >= 11 is 0. The van der Waals surface area contributed by atoms with Crippen LogP contribution < -0.4 is 4.90 Å². The Labute approximate surface area is 183 Å². The minimum Gasteiger partial charge on any atom is -0.351 e. The van der Waals surface area contributed by atoms with Crippen LogP contribution in [0.4, 0.5) is 10.2 Å². The highest BCUT2D eigenvalue weighted by Crippen LogP contribution is 2.23. The number of piperazine rings is 1. The second-order valence-corrected chi connectivity index (χ2v) is 7.96. The lowest BCUT2D eigenvalue weighted by Gasteiger charge is -2.35. The van der Waals surface area contributed by atoms with Crippen molar-refractivity contribution in [2.75, 3.05) is 31.1 Å². The number of halogens is 1. The Morgan fingerprint density at radius 2 is 1.91 bits per heavy atom. The van der Waals surface area contributed by atoms with Crippen molar-refractivity contribution in [3.05, 3.63) is 54.0 Å². The van der Waals surface area contributed by atoms with Gasteiger partial charge in [0.2, 0.25) is 5.91 Å². The molecule has 10 heteroatoms. The van der Waals surface area contributed by atoms with Crippen LogP contribution in [0.15, 0.2) is 36.9 Å². The third-order valence-corrected chi connectivity index (χ3v) is 5.85. The molecular formula is C22H23FN8O. The molecule has 5 rings (SSSR count). The summed E-state index contributed by atoms with van der Waals surface area (Å²) in [5.41, 5.74) is 4.46. The summed E-state index contributed by atoms with van der Waals surface area (Å²) in [5.74, 6) is 0.560. The molecule has 1 amide bonds. The van der Waals surface area contributed by atoms with Crippen LogP contribution in [-0.4, -0.2) is 66.7 Å². The van der Waals surface area contributed by atoms with Gasteiger partial charge in [0.05, 0.1) is 12.0 Å². The first-order valence-corrected chi connectivity index (χ1v) is 10.5. The molecule has 164 valence electrons. The molecule has 0 unspecified atom stereocenters. The van der Waals surface area contributed by atoms with Crippen LogP contribution in [0.2, 0.25) is 0 Å². The summed E-state index contributed by atoms with van der Waals surface area (Å²) < 4.78 is 15.3. The van der Waals surface area contributed by atoms with E-state index < -0.39 is 0 Å². The molecule has 32 heavy (non-hydrogen) atoms. The highest BCUT2D eigenvalue weighted by Gasteiger charge is 2.24. The number of hydrogen-bond acceptors (Lipinski definition) is 6. The summed E-state index contributed by atoms with van der Waals surface area (Å²) in [7, 11) is 0. The molecule has 0 aliphatic carbocycles. The average molecular weight is 434 g/mol. The van der Waals surface area contributed by atoms with Crippen molar-refractivity contribution in [3.63, 3.8) is 0 Å². The van der Waals surface area contributed by atoms with E-state index >= 15 is 0 Å². The maximum atomic E-state index is 13.6. The largest absolute Gasteiger partial charge is 0.351 e. The van der Waals surface area contributed by atoms with Crippen molar-refractivity contribution in [1.82, 2.24) is 34.6 Å². The lowest BCUT2D eigenvalue weighted by atomic mass is 10.1. The van der Waals surface area contributed by atoms with E-state index in [4.69, 9.17) is 0 Å². The Bertz CT molecular complexity index is 1290. The number of H-pyrrole nitrogens is 1. The van der Waals surface area contributed by atoms with E-state index in [1.807, 2.05) is 17.9 Å². The number of nitrogens with zero attached hydrogens (tertiary/aromatic N) is 7. The van der Waals surface area contributed by atoms with Gasteiger partial charge in [-0.3, -0.25) is 9.48 Å². The van der Waals surface area contributed by atoms with Crippen LogP contribution in [0.3, 0.4) is 0 Å². The summed E-state index contributed by atoms with van der Waals surface area (Å²) in [5, 5.41) is 4.58. The number of nitrogens with one attached hydrogen (secondary N) is 1.